The van der Waals surface area contributed by atoms with Crippen LogP contribution in [-0.4, -0.2) is 40.8 Å². The first-order chi connectivity index (χ1) is 12.1. The predicted octanol–water partition coefficient (Wildman–Crippen LogP) is 3.60. The Bertz CT molecular complexity index is 682. The van der Waals surface area contributed by atoms with E-state index in [0.29, 0.717) is 19.4 Å². The lowest BCUT2D eigenvalue weighted by atomic mass is 9.94. The van der Waals surface area contributed by atoms with Crippen molar-refractivity contribution in [3.8, 4) is 0 Å². The Kier molecular flexibility index (Phi) is 4.71. The van der Waals surface area contributed by atoms with Crippen LogP contribution in [0.1, 0.15) is 52.1 Å². The van der Waals surface area contributed by atoms with Crippen LogP contribution in [0.25, 0.3) is 0 Å². The van der Waals surface area contributed by atoms with Gasteiger partial charge >= 0.3 is 6.09 Å². The fourth-order valence-corrected chi connectivity index (χ4v) is 3.67. The molecule has 2 unspecified atom stereocenters. The predicted molar refractivity (Wildman–Crippen MR) is 96.3 cm³/mol. The molecule has 3 atom stereocenters. The molecule has 1 N–H and O–H groups in total. The van der Waals surface area contributed by atoms with Crippen LogP contribution in [-0.2, 0) is 9.53 Å². The lowest BCUT2D eigenvalue weighted by Gasteiger charge is -2.28. The molecule has 3 rings (SSSR count). The van der Waals surface area contributed by atoms with Gasteiger partial charge in [-0.15, -0.1) is 0 Å². The summed E-state index contributed by atoms with van der Waals surface area (Å²) in [5.74, 6) is -1.04. The van der Waals surface area contributed by atoms with Gasteiger partial charge in [0.15, 0.2) is 6.17 Å². The highest BCUT2D eigenvalue weighted by molar-refractivity contribution is 5.84. The fourth-order valence-electron chi connectivity index (χ4n) is 3.67. The Balaban J connectivity index is 1.71. The summed E-state index contributed by atoms with van der Waals surface area (Å²) in [5.41, 5.74) is -0.323. The minimum atomic E-state index is -1.60. The zero-order valence-corrected chi connectivity index (χ0v) is 15.8. The van der Waals surface area contributed by atoms with E-state index in [9.17, 15) is 14.0 Å². The highest BCUT2D eigenvalue weighted by atomic mass is 19.1. The number of alkyl halides is 1. The van der Waals surface area contributed by atoms with Gasteiger partial charge in [0, 0.05) is 12.5 Å². The van der Waals surface area contributed by atoms with Gasteiger partial charge in [-0.1, -0.05) is 30.3 Å². The highest BCUT2D eigenvalue weighted by Gasteiger charge is 2.60. The first kappa shape index (κ1) is 18.7. The van der Waals surface area contributed by atoms with E-state index < -0.39 is 35.2 Å². The smallest absolute Gasteiger partial charge is 0.408 e. The summed E-state index contributed by atoms with van der Waals surface area (Å²) in [7, 11) is 0. The molecule has 0 aromatic heterocycles. The fraction of sp³-hybridized carbons (Fsp3) is 0.600. The minimum absolute atomic E-state index is 0.204. The Morgan fingerprint density at radius 2 is 1.92 bits per heavy atom. The Hall–Kier alpha value is -2.11. The second-order valence-electron chi connectivity index (χ2n) is 8.37. The maximum atomic E-state index is 14.8. The molecule has 1 aliphatic heterocycles. The maximum absolute atomic E-state index is 14.8. The van der Waals surface area contributed by atoms with E-state index in [2.05, 4.69) is 5.32 Å². The summed E-state index contributed by atoms with van der Waals surface area (Å²) < 4.78 is 20.2. The third kappa shape index (κ3) is 3.69. The van der Waals surface area contributed by atoms with Crippen molar-refractivity contribution in [3.05, 3.63) is 35.9 Å². The molecule has 6 heteroatoms. The number of rotatable bonds is 4. The van der Waals surface area contributed by atoms with Gasteiger partial charge in [0.1, 0.15) is 5.60 Å². The molecule has 2 amide bonds. The number of likely N-dealkylation sites (tertiary alicyclic amines) is 1. The SMILES string of the molecule is C[C@@H](c1ccccc1)N1CC(C2(NC(=O)OC(C)(C)C)CC2)C(F)C1=O. The van der Waals surface area contributed by atoms with E-state index in [4.69, 9.17) is 4.74 Å². The summed E-state index contributed by atoms with van der Waals surface area (Å²) in [6, 6.07) is 9.39. The van der Waals surface area contributed by atoms with Crippen molar-refractivity contribution in [2.45, 2.75) is 63.9 Å². The van der Waals surface area contributed by atoms with Crippen LogP contribution in [0.2, 0.25) is 0 Å². The number of nitrogens with one attached hydrogen (secondary N) is 1. The van der Waals surface area contributed by atoms with Gasteiger partial charge in [0.2, 0.25) is 0 Å². The lowest BCUT2D eigenvalue weighted by molar-refractivity contribution is -0.133. The number of nitrogens with zero attached hydrogens (tertiary/aromatic N) is 1. The number of carbonyl (C=O) groups is 2. The Morgan fingerprint density at radius 1 is 1.31 bits per heavy atom. The highest BCUT2D eigenvalue weighted by Crippen LogP contribution is 2.48. The zero-order chi connectivity index (χ0) is 19.1. The molecule has 1 saturated carbocycles. The van der Waals surface area contributed by atoms with Crippen molar-refractivity contribution in [1.29, 1.82) is 0 Å². The van der Waals surface area contributed by atoms with Crippen molar-refractivity contribution in [2.24, 2.45) is 5.92 Å². The van der Waals surface area contributed by atoms with Gasteiger partial charge in [0.25, 0.3) is 5.91 Å². The number of ether oxygens (including phenoxy) is 1. The van der Waals surface area contributed by atoms with Crippen LogP contribution < -0.4 is 5.32 Å². The minimum Gasteiger partial charge on any atom is -0.444 e. The van der Waals surface area contributed by atoms with Crippen LogP contribution in [0, 0.1) is 5.92 Å². The molecule has 2 fully saturated rings. The molecule has 2 aliphatic rings. The standard InChI is InChI=1S/C20H27FN2O3/c1-13(14-8-6-5-7-9-14)23-12-15(16(21)17(23)24)20(10-11-20)22-18(25)26-19(2,3)4/h5-9,13,15-16H,10-12H2,1-4H3,(H,22,25)/t13-,15?,16?/m0/s1. The summed E-state index contributed by atoms with van der Waals surface area (Å²) in [5, 5.41) is 2.84. The van der Waals surface area contributed by atoms with E-state index >= 15 is 0 Å². The average Bonchev–Trinajstić information content (AvgIpc) is 3.26. The largest absolute Gasteiger partial charge is 0.444 e. The summed E-state index contributed by atoms with van der Waals surface area (Å²) in [6.07, 6.45) is -0.820. The van der Waals surface area contributed by atoms with Crippen LogP contribution in [0.3, 0.4) is 0 Å². The third-order valence-electron chi connectivity index (χ3n) is 5.26. The number of hydrogen-bond donors (Lipinski definition) is 1. The molecule has 1 heterocycles. The second-order valence-corrected chi connectivity index (χ2v) is 8.37. The number of amides is 2. The first-order valence-corrected chi connectivity index (χ1v) is 9.14. The van der Waals surface area contributed by atoms with Crippen LogP contribution in [0.5, 0.6) is 0 Å². The Labute approximate surface area is 153 Å². The topological polar surface area (TPSA) is 58.6 Å². The van der Waals surface area contributed by atoms with Gasteiger partial charge in [-0.3, -0.25) is 4.79 Å². The van der Waals surface area contributed by atoms with Crippen molar-refractivity contribution in [3.63, 3.8) is 0 Å². The first-order valence-electron chi connectivity index (χ1n) is 9.14. The van der Waals surface area contributed by atoms with E-state index in [1.807, 2.05) is 37.3 Å². The quantitative estimate of drug-likeness (QED) is 0.890. The molecule has 5 nitrogen and oxygen atoms in total. The van der Waals surface area contributed by atoms with Gasteiger partial charge in [0.05, 0.1) is 11.6 Å². The van der Waals surface area contributed by atoms with Gasteiger partial charge < -0.3 is 15.0 Å². The number of halogens is 1. The number of hydrogen-bond acceptors (Lipinski definition) is 3. The molecular formula is C20H27FN2O3. The number of alkyl carbamates (subject to hydrolysis) is 1. The van der Waals surface area contributed by atoms with Gasteiger partial charge in [-0.2, -0.15) is 0 Å². The Morgan fingerprint density at radius 3 is 2.46 bits per heavy atom. The van der Waals surface area contributed by atoms with Crippen molar-refractivity contribution < 1.29 is 18.7 Å². The molecule has 1 aromatic rings. The molecule has 1 aromatic carbocycles. The molecule has 1 saturated heterocycles. The van der Waals surface area contributed by atoms with E-state index in [0.717, 1.165) is 5.56 Å². The summed E-state index contributed by atoms with van der Waals surface area (Å²) in [6.45, 7) is 7.56. The van der Waals surface area contributed by atoms with Crippen LogP contribution >= 0.6 is 0 Å². The summed E-state index contributed by atoms with van der Waals surface area (Å²) >= 11 is 0. The van der Waals surface area contributed by atoms with Crippen molar-refractivity contribution in [1.82, 2.24) is 10.2 Å². The van der Waals surface area contributed by atoms with E-state index in [-0.39, 0.29) is 6.04 Å². The van der Waals surface area contributed by atoms with Crippen molar-refractivity contribution in [2.75, 3.05) is 6.54 Å². The molecule has 26 heavy (non-hydrogen) atoms. The van der Waals surface area contributed by atoms with Gasteiger partial charge in [-0.05, 0) is 46.1 Å². The molecule has 1 aliphatic carbocycles. The third-order valence-corrected chi connectivity index (χ3v) is 5.26. The summed E-state index contributed by atoms with van der Waals surface area (Å²) in [4.78, 5) is 26.3. The van der Waals surface area contributed by atoms with Crippen LogP contribution in [0.4, 0.5) is 9.18 Å². The van der Waals surface area contributed by atoms with Crippen LogP contribution in [0.15, 0.2) is 30.3 Å². The normalized spacial score (nSPS) is 25.7. The molecule has 142 valence electrons. The lowest BCUT2D eigenvalue weighted by Crippen LogP contribution is -2.48. The molecule has 0 spiro atoms. The van der Waals surface area contributed by atoms with E-state index in [1.165, 1.54) is 0 Å². The average molecular weight is 362 g/mol. The molecule has 0 bridgehead atoms. The number of carbonyl (C=O) groups excluding carboxylic acids is 2. The maximum Gasteiger partial charge on any atom is 0.408 e. The van der Waals surface area contributed by atoms with E-state index in [1.54, 1.807) is 25.7 Å². The number of benzene rings is 1. The second kappa shape index (κ2) is 6.56. The van der Waals surface area contributed by atoms with Gasteiger partial charge in [-0.25, -0.2) is 9.18 Å². The monoisotopic (exact) mass is 362 g/mol. The molecular weight excluding hydrogens is 335 g/mol. The molecule has 0 radical (unpaired) electrons. The zero-order valence-electron chi connectivity index (χ0n) is 15.8. The van der Waals surface area contributed by atoms with Crippen molar-refractivity contribution >= 4 is 12.0 Å².